The number of hydrogen-bond acceptors (Lipinski definition) is 11. The lowest BCUT2D eigenvalue weighted by molar-refractivity contribution is -0.147. The van der Waals surface area contributed by atoms with Gasteiger partial charge in [-0.1, -0.05) is 33.8 Å². The minimum absolute atomic E-state index is 0.00293. The summed E-state index contributed by atoms with van der Waals surface area (Å²) in [6.07, 6.45) is -0.716. The molecule has 0 aliphatic heterocycles. The number of rotatable bonds is 17. The molecule has 55 heavy (non-hydrogen) atoms. The summed E-state index contributed by atoms with van der Waals surface area (Å²) in [6, 6.07) is 9.11. The highest BCUT2D eigenvalue weighted by Gasteiger charge is 2.53. The Morgan fingerprint density at radius 2 is 1.13 bits per heavy atom. The summed E-state index contributed by atoms with van der Waals surface area (Å²) < 4.78 is 83.2. The molecule has 2 heterocycles. The molecule has 296 valence electrons. The van der Waals surface area contributed by atoms with Crippen LogP contribution < -0.4 is 8.61 Å². The molecule has 4 aromatic rings. The van der Waals surface area contributed by atoms with E-state index < -0.39 is 96.9 Å². The molecule has 14 nitrogen and oxygen atoms in total. The quantitative estimate of drug-likeness (QED) is 0.114. The van der Waals surface area contributed by atoms with Gasteiger partial charge in [0.15, 0.2) is 0 Å². The van der Waals surface area contributed by atoms with E-state index in [9.17, 15) is 45.7 Å². The van der Waals surface area contributed by atoms with Crippen molar-refractivity contribution in [2.45, 2.75) is 77.4 Å². The molecule has 2 aromatic heterocycles. The number of hydrogen-bond donors (Lipinski definition) is 3. The van der Waals surface area contributed by atoms with Crippen LogP contribution in [-0.2, 0) is 30.3 Å². The molecule has 0 unspecified atom stereocenters. The zero-order valence-electron chi connectivity index (χ0n) is 31.1. The third-order valence-electron chi connectivity index (χ3n) is 8.90. The molecule has 0 saturated heterocycles. The van der Waals surface area contributed by atoms with E-state index in [-0.39, 0.29) is 33.9 Å². The van der Waals surface area contributed by atoms with E-state index in [4.69, 9.17) is 0 Å². The van der Waals surface area contributed by atoms with Gasteiger partial charge in [0.25, 0.3) is 0 Å². The molecule has 0 fully saturated rings. The van der Waals surface area contributed by atoms with Crippen LogP contribution in [-0.4, -0.2) is 81.8 Å². The van der Waals surface area contributed by atoms with E-state index in [1.165, 1.54) is 38.1 Å². The van der Waals surface area contributed by atoms with Crippen LogP contribution in [0, 0.1) is 11.6 Å². The topological polar surface area (TPSA) is 204 Å². The molecule has 0 bridgehead atoms. The number of carboxylic acids is 1. The number of carbonyl (C=O) groups is 1. The predicted molar refractivity (Wildman–Crippen MR) is 203 cm³/mol. The number of carboxylic acid groups (broad SMARTS) is 1. The minimum atomic E-state index is -4.16. The van der Waals surface area contributed by atoms with Gasteiger partial charge in [0.1, 0.15) is 17.0 Å². The first-order chi connectivity index (χ1) is 25.8. The van der Waals surface area contributed by atoms with Gasteiger partial charge in [-0.15, -0.1) is 6.58 Å². The zero-order chi connectivity index (χ0) is 41.0. The average molecular weight is 803 g/mol. The van der Waals surface area contributed by atoms with Crippen molar-refractivity contribution in [2.24, 2.45) is 0 Å². The van der Waals surface area contributed by atoms with Crippen LogP contribution in [0.4, 0.5) is 32.1 Å². The van der Waals surface area contributed by atoms with E-state index >= 15 is 0 Å². The number of aliphatic carboxylic acids is 1. The first kappa shape index (κ1) is 42.8. The van der Waals surface area contributed by atoms with Crippen molar-refractivity contribution in [2.75, 3.05) is 20.1 Å². The molecule has 4 rings (SSSR count). The number of nitrogens with zero attached hydrogens (tertiary/aromatic N) is 6. The van der Waals surface area contributed by atoms with Gasteiger partial charge in [0, 0.05) is 29.9 Å². The number of anilines is 4. The van der Waals surface area contributed by atoms with Gasteiger partial charge < -0.3 is 15.3 Å². The van der Waals surface area contributed by atoms with E-state index in [0.29, 0.717) is 0 Å². The molecule has 0 aliphatic carbocycles. The van der Waals surface area contributed by atoms with Crippen LogP contribution in [0.1, 0.15) is 82.3 Å². The Balaban J connectivity index is 2.13. The fourth-order valence-corrected chi connectivity index (χ4v) is 8.12. The summed E-state index contributed by atoms with van der Waals surface area (Å²) in [5.74, 6) is -5.81. The summed E-state index contributed by atoms with van der Waals surface area (Å²) in [7, 11) is -8.33. The van der Waals surface area contributed by atoms with Crippen molar-refractivity contribution in [3.8, 4) is 0 Å². The Morgan fingerprint density at radius 3 is 1.42 bits per heavy atom. The second kappa shape index (κ2) is 16.8. The summed E-state index contributed by atoms with van der Waals surface area (Å²) in [5.41, 5.74) is -3.01. The van der Waals surface area contributed by atoms with E-state index in [2.05, 4.69) is 26.5 Å². The molecular formula is C37H44F2N6O8S2. The van der Waals surface area contributed by atoms with Gasteiger partial charge in [-0.05, 0) is 74.2 Å². The minimum Gasteiger partial charge on any atom is -0.480 e. The van der Waals surface area contributed by atoms with Gasteiger partial charge in [-0.25, -0.2) is 54.2 Å². The van der Waals surface area contributed by atoms with E-state index in [1.54, 1.807) is 27.7 Å². The number of halogens is 2. The Labute approximate surface area is 319 Å². The first-order valence-electron chi connectivity index (χ1n) is 17.3. The number of aliphatic hydroxyl groups is 2. The van der Waals surface area contributed by atoms with Crippen molar-refractivity contribution in [1.29, 1.82) is 0 Å². The van der Waals surface area contributed by atoms with Gasteiger partial charge in [0.05, 0.1) is 46.5 Å². The van der Waals surface area contributed by atoms with E-state index in [1.807, 2.05) is 0 Å². The van der Waals surface area contributed by atoms with Crippen molar-refractivity contribution in [3.05, 3.63) is 108 Å². The Hall–Kier alpha value is -4.91. The molecule has 2 atom stereocenters. The van der Waals surface area contributed by atoms with Crippen molar-refractivity contribution in [3.63, 3.8) is 0 Å². The maximum absolute atomic E-state index is 14.0. The largest absolute Gasteiger partial charge is 0.480 e. The summed E-state index contributed by atoms with van der Waals surface area (Å²) in [6.45, 7) is 12.9. The van der Waals surface area contributed by atoms with Crippen molar-refractivity contribution >= 4 is 49.3 Å². The van der Waals surface area contributed by atoms with Gasteiger partial charge in [-0.3, -0.25) is 4.79 Å². The highest BCUT2D eigenvalue weighted by molar-refractivity contribution is 7.93. The third kappa shape index (κ3) is 8.51. The van der Waals surface area contributed by atoms with Crippen LogP contribution in [0.15, 0.2) is 73.6 Å². The Morgan fingerprint density at radius 1 is 0.764 bits per heavy atom. The SMILES string of the molecule is C=C[C@@H](O)C[C@@H](O)C(C(=O)O)(c1cnc(N(c2ccc(F)cc2)S(=O)(=O)CC)nc1C(C)C)c1cnc(N(c2ccc(F)cc2)S(=O)(=O)CC)nc1C(C)C. The van der Waals surface area contributed by atoms with Gasteiger partial charge in [-0.2, -0.15) is 0 Å². The lowest BCUT2D eigenvalue weighted by Crippen LogP contribution is -2.51. The van der Waals surface area contributed by atoms with Gasteiger partial charge >= 0.3 is 5.97 Å². The second-order valence-corrected chi connectivity index (χ2v) is 17.4. The maximum atomic E-state index is 14.0. The zero-order valence-corrected chi connectivity index (χ0v) is 32.8. The predicted octanol–water partition coefficient (Wildman–Crippen LogP) is 5.44. The standard InChI is InChI=1S/C37H44F2N6O8S2/c1-8-28(46)19-31(47)37(34(48)49,29-20-40-35(42-32(29)22(4)5)44(54(50,51)9-2)26-15-11-24(38)12-16-26)30-21-41-36(43-33(30)23(6)7)45(55(52,53)10-3)27-17-13-25(39)14-18-27/h8,11-18,20-23,28,31,46-47H,1,9-10,19H2,2-7H3,(H,48,49)/t28-,31-/m1/s1. The van der Waals surface area contributed by atoms with Crippen LogP contribution in [0.25, 0.3) is 0 Å². The molecule has 0 radical (unpaired) electrons. The fourth-order valence-electron chi connectivity index (χ4n) is 6.04. The molecule has 3 N–H and O–H groups in total. The number of aliphatic hydroxyl groups excluding tert-OH is 2. The molecule has 18 heteroatoms. The summed E-state index contributed by atoms with van der Waals surface area (Å²) in [4.78, 5) is 31.8. The molecule has 0 spiro atoms. The third-order valence-corrected chi connectivity index (χ3v) is 12.2. The highest BCUT2D eigenvalue weighted by Crippen LogP contribution is 2.45. The smallest absolute Gasteiger partial charge is 0.321 e. The molecule has 0 amide bonds. The van der Waals surface area contributed by atoms with Crippen molar-refractivity contribution in [1.82, 2.24) is 19.9 Å². The monoisotopic (exact) mass is 802 g/mol. The normalized spacial score (nSPS) is 13.5. The highest BCUT2D eigenvalue weighted by atomic mass is 32.2. The second-order valence-electron chi connectivity index (χ2n) is 13.2. The maximum Gasteiger partial charge on any atom is 0.321 e. The number of sulfonamides is 2. The molecule has 2 aromatic carbocycles. The lowest BCUT2D eigenvalue weighted by Gasteiger charge is -2.38. The fraction of sp³-hybridized carbons (Fsp3) is 0.378. The Kier molecular flexibility index (Phi) is 13.1. The Bertz CT molecular complexity index is 2100. The van der Waals surface area contributed by atoms with Gasteiger partial charge in [0.2, 0.25) is 31.9 Å². The lowest BCUT2D eigenvalue weighted by atomic mass is 9.67. The number of benzene rings is 2. The van der Waals surface area contributed by atoms with Crippen LogP contribution in [0.5, 0.6) is 0 Å². The first-order valence-corrected chi connectivity index (χ1v) is 20.5. The van der Waals surface area contributed by atoms with E-state index in [0.717, 1.165) is 51.3 Å². The van der Waals surface area contributed by atoms with Crippen molar-refractivity contribution < 1.29 is 45.7 Å². The molecule has 0 saturated carbocycles. The molecular weight excluding hydrogens is 759 g/mol. The molecule has 0 aliphatic rings. The summed E-state index contributed by atoms with van der Waals surface area (Å²) in [5, 5.41) is 34.1. The van der Waals surface area contributed by atoms with Crippen LogP contribution >= 0.6 is 0 Å². The average Bonchev–Trinajstić information content (AvgIpc) is 3.14. The van der Waals surface area contributed by atoms with Crippen LogP contribution in [0.2, 0.25) is 0 Å². The summed E-state index contributed by atoms with van der Waals surface area (Å²) >= 11 is 0. The number of aromatic nitrogens is 4. The van der Waals surface area contributed by atoms with Crippen LogP contribution in [0.3, 0.4) is 0 Å².